The zero-order valence-corrected chi connectivity index (χ0v) is 23.7. The monoisotopic (exact) mass is 557 g/mol. The van der Waals surface area contributed by atoms with Crippen molar-refractivity contribution in [2.24, 2.45) is 7.05 Å². The first-order valence-electron chi connectivity index (χ1n) is 13.5. The van der Waals surface area contributed by atoms with Crippen molar-refractivity contribution in [2.45, 2.75) is 52.4 Å². The third-order valence-corrected chi connectivity index (χ3v) is 8.25. The maximum absolute atomic E-state index is 16.0. The summed E-state index contributed by atoms with van der Waals surface area (Å²) < 4.78 is 18.8. The number of carbonyl (C=O) groups excluding carboxylic acids is 1. The molecule has 3 heterocycles. The quantitative estimate of drug-likeness (QED) is 0.133. The average molecular weight is 558 g/mol. The van der Waals surface area contributed by atoms with E-state index in [1.165, 1.54) is 11.3 Å². The topological polar surface area (TPSA) is 92.7 Å². The SMILES string of the molecule is CCCc1ccc(-c2cc(Nc3cc(C)n(C)n3)c(=O)[nH]n2)c(F)c1CCCCC(=O)c1cc2ccccc2s1. The summed E-state index contributed by atoms with van der Waals surface area (Å²) in [6.45, 7) is 3.98. The van der Waals surface area contributed by atoms with Gasteiger partial charge in [0.25, 0.3) is 5.56 Å². The van der Waals surface area contributed by atoms with Crippen molar-refractivity contribution in [3.05, 3.63) is 92.5 Å². The first-order chi connectivity index (χ1) is 19.3. The van der Waals surface area contributed by atoms with Crippen LogP contribution in [0.4, 0.5) is 15.9 Å². The molecule has 0 saturated carbocycles. The molecule has 0 atom stereocenters. The van der Waals surface area contributed by atoms with Gasteiger partial charge >= 0.3 is 0 Å². The number of benzene rings is 2. The number of H-pyrrole nitrogens is 1. The molecule has 2 N–H and O–H groups in total. The Morgan fingerprint density at radius 2 is 1.93 bits per heavy atom. The van der Waals surface area contributed by atoms with Crippen LogP contribution in [-0.2, 0) is 19.9 Å². The molecule has 5 rings (SSSR count). The van der Waals surface area contributed by atoms with E-state index >= 15 is 4.39 Å². The number of aromatic nitrogens is 4. The predicted octanol–water partition coefficient (Wildman–Crippen LogP) is 7.12. The van der Waals surface area contributed by atoms with Crippen LogP contribution in [-0.4, -0.2) is 25.8 Å². The van der Waals surface area contributed by atoms with Crippen LogP contribution >= 0.6 is 11.3 Å². The summed E-state index contributed by atoms with van der Waals surface area (Å²) in [6, 6.07) is 17.0. The fourth-order valence-electron chi connectivity index (χ4n) is 4.86. The van der Waals surface area contributed by atoms with E-state index in [4.69, 9.17) is 0 Å². The molecule has 0 spiro atoms. The van der Waals surface area contributed by atoms with E-state index in [1.807, 2.05) is 56.4 Å². The van der Waals surface area contributed by atoms with Gasteiger partial charge in [-0.2, -0.15) is 10.2 Å². The molecule has 0 amide bonds. The molecule has 0 aliphatic carbocycles. The number of ketones is 1. The number of nitrogens with one attached hydrogen (secondary N) is 2. The minimum absolute atomic E-state index is 0.129. The zero-order valence-electron chi connectivity index (χ0n) is 22.9. The molecular weight excluding hydrogens is 525 g/mol. The highest BCUT2D eigenvalue weighted by Gasteiger charge is 2.18. The van der Waals surface area contributed by atoms with Crippen molar-refractivity contribution >= 4 is 38.7 Å². The van der Waals surface area contributed by atoms with Gasteiger partial charge in [-0.25, -0.2) is 9.49 Å². The summed E-state index contributed by atoms with van der Waals surface area (Å²) >= 11 is 1.52. The second-order valence-corrected chi connectivity index (χ2v) is 11.1. The molecule has 3 aromatic heterocycles. The number of hydrogen-bond donors (Lipinski definition) is 2. The minimum atomic E-state index is -0.418. The maximum Gasteiger partial charge on any atom is 0.287 e. The fourth-order valence-corrected chi connectivity index (χ4v) is 5.89. The van der Waals surface area contributed by atoms with Crippen LogP contribution in [0.1, 0.15) is 59.1 Å². The van der Waals surface area contributed by atoms with Crippen LogP contribution in [0.15, 0.2) is 59.4 Å². The zero-order chi connectivity index (χ0) is 28.2. The van der Waals surface area contributed by atoms with Gasteiger partial charge in [-0.1, -0.05) is 37.6 Å². The molecule has 9 heteroatoms. The molecular formula is C31H32FN5O2S. The van der Waals surface area contributed by atoms with Gasteiger partial charge in [0.1, 0.15) is 11.5 Å². The number of thiophene rings is 1. The van der Waals surface area contributed by atoms with Crippen LogP contribution in [0.2, 0.25) is 0 Å². The third-order valence-electron chi connectivity index (χ3n) is 7.10. The number of rotatable bonds is 11. The first kappa shape index (κ1) is 27.5. The second kappa shape index (κ2) is 12.0. The summed E-state index contributed by atoms with van der Waals surface area (Å²) in [5, 5.41) is 15.0. The largest absolute Gasteiger partial charge is 0.334 e. The van der Waals surface area contributed by atoms with Crippen LogP contribution in [0, 0.1) is 12.7 Å². The Labute approximate surface area is 236 Å². The van der Waals surface area contributed by atoms with Crippen LogP contribution < -0.4 is 10.9 Å². The summed E-state index contributed by atoms with van der Waals surface area (Å²) in [5.41, 5.74) is 3.02. The number of anilines is 2. The molecule has 0 unspecified atom stereocenters. The number of fused-ring (bicyclic) bond motifs is 1. The number of aryl methyl sites for hydroxylation is 3. The van der Waals surface area contributed by atoms with Crippen LogP contribution in [0.25, 0.3) is 21.3 Å². The Bertz CT molecular complexity index is 1680. The fraction of sp³-hybridized carbons (Fsp3) is 0.290. The molecule has 0 fully saturated rings. The number of hydrogen-bond acceptors (Lipinski definition) is 6. The van der Waals surface area contributed by atoms with E-state index in [9.17, 15) is 9.59 Å². The van der Waals surface area contributed by atoms with Crippen molar-refractivity contribution in [2.75, 3.05) is 5.32 Å². The Kier molecular flexibility index (Phi) is 8.21. The summed E-state index contributed by atoms with van der Waals surface area (Å²) in [7, 11) is 1.82. The molecule has 0 saturated heterocycles. The number of halogens is 1. The van der Waals surface area contributed by atoms with E-state index in [0.717, 1.165) is 39.1 Å². The van der Waals surface area contributed by atoms with Crippen molar-refractivity contribution in [3.63, 3.8) is 0 Å². The predicted molar refractivity (Wildman–Crippen MR) is 159 cm³/mol. The van der Waals surface area contributed by atoms with Crippen LogP contribution in [0.3, 0.4) is 0 Å². The van der Waals surface area contributed by atoms with Crippen LogP contribution in [0.5, 0.6) is 0 Å². The normalized spacial score (nSPS) is 11.3. The van der Waals surface area contributed by atoms with Crippen molar-refractivity contribution < 1.29 is 9.18 Å². The molecule has 0 aliphatic heterocycles. The molecule has 206 valence electrons. The third kappa shape index (κ3) is 5.89. The number of aromatic amines is 1. The van der Waals surface area contributed by atoms with Gasteiger partial charge in [0.05, 0.1) is 10.6 Å². The van der Waals surface area contributed by atoms with Gasteiger partial charge in [0, 0.05) is 35.5 Å². The molecule has 0 aliphatic rings. The van der Waals surface area contributed by atoms with Gasteiger partial charge in [-0.15, -0.1) is 11.3 Å². The van der Waals surface area contributed by atoms with Gasteiger partial charge in [-0.05, 0) is 73.4 Å². The molecule has 2 aromatic carbocycles. The molecule has 0 bridgehead atoms. The summed E-state index contributed by atoms with van der Waals surface area (Å²) in [5.74, 6) is 0.318. The lowest BCUT2D eigenvalue weighted by Crippen LogP contribution is -2.14. The highest BCUT2D eigenvalue weighted by Crippen LogP contribution is 2.30. The maximum atomic E-state index is 16.0. The number of unbranched alkanes of at least 4 members (excludes halogenated alkanes) is 1. The summed E-state index contributed by atoms with van der Waals surface area (Å²) in [6.07, 6.45) is 3.98. The highest BCUT2D eigenvalue weighted by atomic mass is 32.1. The van der Waals surface area contributed by atoms with Gasteiger partial charge < -0.3 is 5.32 Å². The smallest absolute Gasteiger partial charge is 0.287 e. The van der Waals surface area contributed by atoms with E-state index in [2.05, 4.69) is 27.5 Å². The number of nitrogens with zero attached hydrogens (tertiary/aromatic N) is 3. The van der Waals surface area contributed by atoms with Crippen molar-refractivity contribution in [1.29, 1.82) is 0 Å². The molecule has 40 heavy (non-hydrogen) atoms. The Hall–Kier alpha value is -4.11. The standard InChI is InChI=1S/C31H32FN5O2S/c1-4-9-20-14-15-23(24-18-25(31(39)35-34-24)33-29-16-19(2)37(3)36-29)30(32)22(20)11-6-7-12-26(38)28-17-21-10-5-8-13-27(21)40-28/h5,8,10,13-18H,4,6-7,9,11-12H2,1-3H3,(H,35,39)(H,33,34,36). The molecule has 5 aromatic rings. The summed E-state index contributed by atoms with van der Waals surface area (Å²) in [4.78, 5) is 26.0. The van der Waals surface area contributed by atoms with Crippen molar-refractivity contribution in [1.82, 2.24) is 20.0 Å². The number of carbonyl (C=O) groups is 1. The van der Waals surface area contributed by atoms with E-state index in [1.54, 1.807) is 16.8 Å². The Morgan fingerprint density at radius 1 is 1.10 bits per heavy atom. The second-order valence-electron chi connectivity index (χ2n) is 10.0. The molecule has 0 radical (unpaired) electrons. The minimum Gasteiger partial charge on any atom is -0.334 e. The van der Waals surface area contributed by atoms with Gasteiger partial charge in [0.15, 0.2) is 11.6 Å². The molecule has 7 nitrogen and oxygen atoms in total. The van der Waals surface area contributed by atoms with Gasteiger partial charge in [-0.3, -0.25) is 14.3 Å². The van der Waals surface area contributed by atoms with E-state index in [-0.39, 0.29) is 17.3 Å². The van der Waals surface area contributed by atoms with E-state index < -0.39 is 5.56 Å². The lowest BCUT2D eigenvalue weighted by atomic mass is 9.94. The van der Waals surface area contributed by atoms with Crippen molar-refractivity contribution in [3.8, 4) is 11.3 Å². The average Bonchev–Trinajstić information content (AvgIpc) is 3.51. The first-order valence-corrected chi connectivity index (χ1v) is 14.4. The Balaban J connectivity index is 1.32. The number of Topliss-reactive ketones (excluding diaryl/α,β-unsaturated/α-hetero) is 1. The lowest BCUT2D eigenvalue weighted by Gasteiger charge is -2.14. The highest BCUT2D eigenvalue weighted by molar-refractivity contribution is 7.20. The Morgan fingerprint density at radius 3 is 2.67 bits per heavy atom. The van der Waals surface area contributed by atoms with Gasteiger partial charge in [0.2, 0.25) is 0 Å². The lowest BCUT2D eigenvalue weighted by molar-refractivity contribution is 0.0983. The van der Waals surface area contributed by atoms with E-state index in [0.29, 0.717) is 48.3 Å².